The van der Waals surface area contributed by atoms with E-state index in [1.54, 1.807) is 29.9 Å². The van der Waals surface area contributed by atoms with Gasteiger partial charge in [0.1, 0.15) is 0 Å². The molecule has 9 heteroatoms. The van der Waals surface area contributed by atoms with Crippen molar-refractivity contribution in [3.05, 3.63) is 63.7 Å². The van der Waals surface area contributed by atoms with E-state index in [-0.39, 0.29) is 11.8 Å². The molecule has 1 saturated heterocycles. The quantitative estimate of drug-likeness (QED) is 0.266. The zero-order valence-corrected chi connectivity index (χ0v) is 26.7. The third kappa shape index (κ3) is 6.31. The van der Waals surface area contributed by atoms with Gasteiger partial charge in [-0.05, 0) is 52.1 Å². The van der Waals surface area contributed by atoms with E-state index in [0.29, 0.717) is 54.9 Å². The van der Waals surface area contributed by atoms with Crippen LogP contribution in [0.3, 0.4) is 0 Å². The highest BCUT2D eigenvalue weighted by molar-refractivity contribution is 7.89. The Balaban J connectivity index is 1.51. The molecule has 1 aliphatic rings. The first-order valence-corrected chi connectivity index (χ1v) is 16.4. The molecule has 2 aromatic carbocycles. The lowest BCUT2D eigenvalue weighted by Crippen LogP contribution is -2.49. The van der Waals surface area contributed by atoms with Crippen LogP contribution in [0.15, 0.2) is 40.6 Å². The SMILES string of the molecule is COc1ccc(Cc2csc(N3CCN(S(=O)(=O)c4c(C(C)C)cc(C(C)C)cc4C(C)C)CC3)n2)cc1OC. The van der Waals surface area contributed by atoms with Crippen LogP contribution >= 0.6 is 11.3 Å². The maximum Gasteiger partial charge on any atom is 0.243 e. The summed E-state index contributed by atoms with van der Waals surface area (Å²) in [4.78, 5) is 7.59. The molecule has 1 aromatic heterocycles. The summed E-state index contributed by atoms with van der Waals surface area (Å²) >= 11 is 1.61. The maximum atomic E-state index is 14.1. The highest BCUT2D eigenvalue weighted by Gasteiger charge is 2.34. The molecule has 0 radical (unpaired) electrons. The first-order chi connectivity index (χ1) is 19.0. The zero-order valence-electron chi connectivity index (χ0n) is 25.0. The summed E-state index contributed by atoms with van der Waals surface area (Å²) in [6, 6.07) is 10.1. The number of nitrogens with zero attached hydrogens (tertiary/aromatic N) is 3. The van der Waals surface area contributed by atoms with Gasteiger partial charge in [0.15, 0.2) is 16.6 Å². The van der Waals surface area contributed by atoms with Crippen LogP contribution in [0.25, 0.3) is 0 Å². The van der Waals surface area contributed by atoms with Gasteiger partial charge in [0.25, 0.3) is 0 Å². The molecule has 0 atom stereocenters. The summed E-state index contributed by atoms with van der Waals surface area (Å²) in [6.07, 6.45) is 0.688. The molecule has 40 heavy (non-hydrogen) atoms. The fourth-order valence-electron chi connectivity index (χ4n) is 5.16. The average Bonchev–Trinajstić information content (AvgIpc) is 3.40. The third-order valence-electron chi connectivity index (χ3n) is 7.56. The monoisotopic (exact) mass is 585 g/mol. The molecule has 0 unspecified atom stereocenters. The van der Waals surface area contributed by atoms with Crippen molar-refractivity contribution in [2.45, 2.75) is 70.6 Å². The molecule has 0 spiro atoms. The van der Waals surface area contributed by atoms with Crippen molar-refractivity contribution < 1.29 is 17.9 Å². The molecule has 4 rings (SSSR count). The van der Waals surface area contributed by atoms with E-state index in [1.807, 2.05) is 18.2 Å². The van der Waals surface area contributed by atoms with Crippen molar-refractivity contribution in [2.24, 2.45) is 0 Å². The van der Waals surface area contributed by atoms with Crippen LogP contribution in [0.1, 0.15) is 87.2 Å². The maximum absolute atomic E-state index is 14.1. The number of rotatable bonds is 10. The minimum atomic E-state index is -3.64. The lowest BCUT2D eigenvalue weighted by Gasteiger charge is -2.35. The Kier molecular flexibility index (Phi) is 9.47. The molecule has 1 aliphatic heterocycles. The van der Waals surface area contributed by atoms with Gasteiger partial charge in [-0.15, -0.1) is 11.3 Å². The fourth-order valence-corrected chi connectivity index (χ4v) is 8.13. The molecule has 0 N–H and O–H groups in total. The molecule has 0 aliphatic carbocycles. The van der Waals surface area contributed by atoms with E-state index < -0.39 is 10.0 Å². The minimum absolute atomic E-state index is 0.113. The zero-order chi connectivity index (χ0) is 29.2. The number of aromatic nitrogens is 1. The van der Waals surface area contributed by atoms with Gasteiger partial charge in [0.2, 0.25) is 10.0 Å². The summed E-state index contributed by atoms with van der Waals surface area (Å²) in [5, 5.41) is 3.01. The van der Waals surface area contributed by atoms with Gasteiger partial charge in [0.05, 0.1) is 24.8 Å². The second-order valence-electron chi connectivity index (χ2n) is 11.4. The van der Waals surface area contributed by atoms with E-state index in [0.717, 1.165) is 27.5 Å². The molecule has 0 amide bonds. The van der Waals surface area contributed by atoms with E-state index in [4.69, 9.17) is 14.5 Å². The van der Waals surface area contributed by atoms with Crippen LogP contribution in [0, 0.1) is 0 Å². The van der Waals surface area contributed by atoms with E-state index >= 15 is 0 Å². The Labute approximate surface area is 244 Å². The summed E-state index contributed by atoms with van der Waals surface area (Å²) in [5.41, 5.74) is 5.13. The van der Waals surface area contributed by atoms with Crippen molar-refractivity contribution in [1.29, 1.82) is 0 Å². The first kappa shape index (κ1) is 30.3. The van der Waals surface area contributed by atoms with Crippen LogP contribution in [0.2, 0.25) is 0 Å². The van der Waals surface area contributed by atoms with Crippen molar-refractivity contribution in [1.82, 2.24) is 9.29 Å². The van der Waals surface area contributed by atoms with Crippen LogP contribution < -0.4 is 14.4 Å². The number of ether oxygens (including phenoxy) is 2. The van der Waals surface area contributed by atoms with Crippen LogP contribution in [0.4, 0.5) is 5.13 Å². The van der Waals surface area contributed by atoms with Crippen molar-refractivity contribution in [2.75, 3.05) is 45.3 Å². The Morgan fingerprint density at radius 2 is 1.45 bits per heavy atom. The Bertz CT molecular complexity index is 1390. The van der Waals surface area contributed by atoms with Gasteiger partial charge < -0.3 is 14.4 Å². The van der Waals surface area contributed by atoms with E-state index in [2.05, 4.69) is 64.0 Å². The standard InChI is InChI=1S/C31H43N3O4S2/c1-20(2)24-17-26(21(3)4)30(27(18-24)22(5)6)40(35,36)34-13-11-33(12-14-34)31-32-25(19-39-31)15-23-9-10-28(37-7)29(16-23)38-8/h9-10,16-22H,11-15H2,1-8H3. The Morgan fingerprint density at radius 3 is 1.98 bits per heavy atom. The molecule has 3 aromatic rings. The number of benzene rings is 2. The van der Waals surface area contributed by atoms with Gasteiger partial charge >= 0.3 is 0 Å². The Morgan fingerprint density at radius 1 is 0.850 bits per heavy atom. The smallest absolute Gasteiger partial charge is 0.243 e. The number of hydrogen-bond donors (Lipinski definition) is 0. The van der Waals surface area contributed by atoms with Gasteiger partial charge in [-0.25, -0.2) is 13.4 Å². The summed E-state index contributed by atoms with van der Waals surface area (Å²) in [6.45, 7) is 14.8. The number of thiazole rings is 1. The van der Waals surface area contributed by atoms with Crippen LogP contribution in [-0.4, -0.2) is 58.1 Å². The molecule has 1 fully saturated rings. The molecule has 2 heterocycles. The largest absolute Gasteiger partial charge is 0.493 e. The molecular formula is C31H43N3O4S2. The fraction of sp³-hybridized carbons (Fsp3) is 0.516. The topological polar surface area (TPSA) is 72.0 Å². The lowest BCUT2D eigenvalue weighted by molar-refractivity contribution is 0.354. The third-order valence-corrected chi connectivity index (χ3v) is 10.5. The van der Waals surface area contributed by atoms with Crippen LogP contribution in [-0.2, 0) is 16.4 Å². The number of methoxy groups -OCH3 is 2. The summed E-state index contributed by atoms with van der Waals surface area (Å²) < 4.78 is 40.7. The second kappa shape index (κ2) is 12.5. The predicted molar refractivity (Wildman–Crippen MR) is 164 cm³/mol. The molecular weight excluding hydrogens is 542 g/mol. The summed E-state index contributed by atoms with van der Waals surface area (Å²) in [7, 11) is -0.377. The molecule has 7 nitrogen and oxygen atoms in total. The van der Waals surface area contributed by atoms with Gasteiger partial charge in [-0.1, -0.05) is 59.7 Å². The van der Waals surface area contributed by atoms with Gasteiger partial charge in [-0.3, -0.25) is 0 Å². The molecule has 218 valence electrons. The van der Waals surface area contributed by atoms with Crippen molar-refractivity contribution >= 4 is 26.5 Å². The van der Waals surface area contributed by atoms with E-state index in [1.165, 1.54) is 5.56 Å². The number of anilines is 1. The average molecular weight is 586 g/mol. The predicted octanol–water partition coefficient (Wildman–Crippen LogP) is 6.63. The van der Waals surface area contributed by atoms with Crippen molar-refractivity contribution in [3.8, 4) is 11.5 Å². The minimum Gasteiger partial charge on any atom is -0.493 e. The van der Waals surface area contributed by atoms with Crippen LogP contribution in [0.5, 0.6) is 11.5 Å². The normalized spacial score (nSPS) is 14.9. The number of sulfonamides is 1. The highest BCUT2D eigenvalue weighted by atomic mass is 32.2. The molecule has 0 saturated carbocycles. The Hall–Kier alpha value is -2.62. The second-order valence-corrected chi connectivity index (χ2v) is 14.1. The first-order valence-electron chi connectivity index (χ1n) is 14.0. The van der Waals surface area contributed by atoms with E-state index in [9.17, 15) is 8.42 Å². The van der Waals surface area contributed by atoms with Gasteiger partial charge in [-0.2, -0.15) is 4.31 Å². The highest BCUT2D eigenvalue weighted by Crippen LogP contribution is 2.37. The summed E-state index contributed by atoms with van der Waals surface area (Å²) in [5.74, 6) is 1.97. The number of piperazine rings is 1. The van der Waals surface area contributed by atoms with Crippen molar-refractivity contribution in [3.63, 3.8) is 0 Å². The lowest BCUT2D eigenvalue weighted by atomic mass is 9.89. The molecule has 0 bridgehead atoms. The number of hydrogen-bond acceptors (Lipinski definition) is 7. The van der Waals surface area contributed by atoms with Gasteiger partial charge in [0, 0.05) is 38.0 Å².